The third-order valence-electron chi connectivity index (χ3n) is 4.58. The summed E-state index contributed by atoms with van der Waals surface area (Å²) in [6.45, 7) is 0. The topological polar surface area (TPSA) is 61.5 Å². The Kier molecular flexibility index (Phi) is 3.58. The average Bonchev–Trinajstić information content (AvgIpc) is 3.22. The molecule has 4 heteroatoms. The van der Waals surface area contributed by atoms with Crippen molar-refractivity contribution in [1.82, 2.24) is 15.0 Å². The molecule has 0 amide bonds. The minimum Gasteiger partial charge on any atom is -0.339 e. The highest BCUT2D eigenvalue weighted by Crippen LogP contribution is 2.32. The molecule has 2 N–H and O–H groups in total. The van der Waals surface area contributed by atoms with Gasteiger partial charge in [-0.25, -0.2) is 4.98 Å². The highest BCUT2D eigenvalue weighted by molar-refractivity contribution is 5.86. The first-order chi connectivity index (χ1) is 11.3. The molecule has 3 heterocycles. The van der Waals surface area contributed by atoms with Gasteiger partial charge in [0.05, 0.1) is 0 Å². The van der Waals surface area contributed by atoms with Gasteiger partial charge >= 0.3 is 0 Å². The maximum absolute atomic E-state index is 11.4. The van der Waals surface area contributed by atoms with E-state index in [0.29, 0.717) is 5.92 Å². The van der Waals surface area contributed by atoms with E-state index in [4.69, 9.17) is 0 Å². The van der Waals surface area contributed by atoms with Crippen molar-refractivity contribution < 1.29 is 0 Å². The third kappa shape index (κ3) is 2.84. The van der Waals surface area contributed by atoms with Crippen molar-refractivity contribution in [3.05, 3.63) is 70.4 Å². The summed E-state index contributed by atoms with van der Waals surface area (Å²) < 4.78 is 0. The molecule has 3 aromatic rings. The molecule has 4 rings (SSSR count). The fourth-order valence-electron chi connectivity index (χ4n) is 3.38. The molecular weight excluding hydrogens is 286 g/mol. The summed E-state index contributed by atoms with van der Waals surface area (Å²) in [6, 6.07) is 9.61. The Labute approximate surface area is 134 Å². The van der Waals surface area contributed by atoms with Crippen LogP contribution in [0.2, 0.25) is 0 Å². The molecular formula is C19H19N3O. The summed E-state index contributed by atoms with van der Waals surface area (Å²) in [5.41, 5.74) is 4.04. The Bertz CT molecular complexity index is 860. The SMILES string of the molecule is O=c1ccc(C(=CC2CCCC2)c2cc3cccnc3[nH]2)c[nH]1. The number of hydrogen-bond acceptors (Lipinski definition) is 2. The Balaban J connectivity index is 1.83. The number of aromatic amines is 2. The minimum atomic E-state index is -0.0766. The Hall–Kier alpha value is -2.62. The minimum absolute atomic E-state index is 0.0766. The monoisotopic (exact) mass is 305 g/mol. The molecule has 0 radical (unpaired) electrons. The third-order valence-corrected chi connectivity index (χ3v) is 4.58. The van der Waals surface area contributed by atoms with Crippen molar-refractivity contribution in [2.45, 2.75) is 25.7 Å². The van der Waals surface area contributed by atoms with Crippen LogP contribution < -0.4 is 5.56 Å². The molecule has 0 spiro atoms. The first kappa shape index (κ1) is 14.0. The van der Waals surface area contributed by atoms with E-state index in [2.05, 4.69) is 33.2 Å². The lowest BCUT2D eigenvalue weighted by Crippen LogP contribution is -2.03. The molecule has 4 nitrogen and oxygen atoms in total. The fourth-order valence-corrected chi connectivity index (χ4v) is 3.38. The van der Waals surface area contributed by atoms with Crippen LogP contribution in [-0.2, 0) is 0 Å². The maximum Gasteiger partial charge on any atom is 0.247 e. The van der Waals surface area contributed by atoms with Gasteiger partial charge in [-0.3, -0.25) is 4.79 Å². The van der Waals surface area contributed by atoms with Crippen LogP contribution in [-0.4, -0.2) is 15.0 Å². The molecule has 1 aliphatic rings. The smallest absolute Gasteiger partial charge is 0.247 e. The molecule has 0 bridgehead atoms. The van der Waals surface area contributed by atoms with E-state index in [0.717, 1.165) is 27.9 Å². The van der Waals surface area contributed by atoms with E-state index in [1.54, 1.807) is 18.5 Å². The molecule has 1 aliphatic carbocycles. The number of aromatic nitrogens is 3. The van der Waals surface area contributed by atoms with Gasteiger partial charge in [0.25, 0.3) is 0 Å². The van der Waals surface area contributed by atoms with Gasteiger partial charge in [-0.05, 0) is 48.6 Å². The largest absolute Gasteiger partial charge is 0.339 e. The van der Waals surface area contributed by atoms with Crippen LogP contribution in [0, 0.1) is 5.92 Å². The summed E-state index contributed by atoms with van der Waals surface area (Å²) in [4.78, 5) is 22.0. The molecule has 0 aliphatic heterocycles. The number of pyridine rings is 2. The summed E-state index contributed by atoms with van der Waals surface area (Å²) >= 11 is 0. The standard InChI is InChI=1S/C19H19N3O/c23-18-8-7-15(12-21-18)16(10-13-4-1-2-5-13)17-11-14-6-3-9-20-19(14)22-17/h3,6-13H,1-2,4-5H2,(H,20,22)(H,21,23). The van der Waals surface area contributed by atoms with Crippen molar-refractivity contribution in [2.24, 2.45) is 5.92 Å². The number of H-pyrrole nitrogens is 2. The van der Waals surface area contributed by atoms with Gasteiger partial charge in [-0.1, -0.05) is 18.9 Å². The summed E-state index contributed by atoms with van der Waals surface area (Å²) in [6.07, 6.45) is 11.0. The molecule has 23 heavy (non-hydrogen) atoms. The summed E-state index contributed by atoms with van der Waals surface area (Å²) in [5.74, 6) is 0.608. The van der Waals surface area contributed by atoms with Crippen LogP contribution >= 0.6 is 0 Å². The van der Waals surface area contributed by atoms with Crippen molar-refractivity contribution >= 4 is 16.6 Å². The van der Waals surface area contributed by atoms with Gasteiger partial charge in [-0.15, -0.1) is 0 Å². The summed E-state index contributed by atoms with van der Waals surface area (Å²) in [5, 5.41) is 1.10. The Morgan fingerprint density at radius 1 is 1.22 bits per heavy atom. The van der Waals surface area contributed by atoms with Crippen LogP contribution in [0.15, 0.2) is 53.6 Å². The molecule has 0 unspecified atom stereocenters. The number of allylic oxidation sites excluding steroid dienone is 1. The molecule has 0 saturated heterocycles. The van der Waals surface area contributed by atoms with E-state index in [1.165, 1.54) is 25.7 Å². The van der Waals surface area contributed by atoms with Gasteiger partial charge in [0.2, 0.25) is 5.56 Å². The van der Waals surface area contributed by atoms with Crippen LogP contribution in [0.3, 0.4) is 0 Å². The van der Waals surface area contributed by atoms with Gasteiger partial charge in [0.1, 0.15) is 5.65 Å². The van der Waals surface area contributed by atoms with Gasteiger partial charge in [0.15, 0.2) is 0 Å². The first-order valence-corrected chi connectivity index (χ1v) is 8.15. The second-order valence-electron chi connectivity index (χ2n) is 6.19. The van der Waals surface area contributed by atoms with Crippen molar-refractivity contribution in [3.63, 3.8) is 0 Å². The van der Waals surface area contributed by atoms with Gasteiger partial charge < -0.3 is 9.97 Å². The second-order valence-corrected chi connectivity index (χ2v) is 6.19. The van der Waals surface area contributed by atoms with Crippen LogP contribution in [0.4, 0.5) is 0 Å². The van der Waals surface area contributed by atoms with E-state index < -0.39 is 0 Å². The second kappa shape index (κ2) is 5.88. The number of nitrogens with zero attached hydrogens (tertiary/aromatic N) is 1. The fraction of sp³-hybridized carbons (Fsp3) is 0.263. The van der Waals surface area contributed by atoms with Crippen molar-refractivity contribution in [3.8, 4) is 0 Å². The molecule has 1 fully saturated rings. The van der Waals surface area contributed by atoms with Crippen LogP contribution in [0.5, 0.6) is 0 Å². The maximum atomic E-state index is 11.4. The van der Waals surface area contributed by atoms with Crippen LogP contribution in [0.1, 0.15) is 36.9 Å². The molecule has 1 saturated carbocycles. The number of rotatable bonds is 3. The number of fused-ring (bicyclic) bond motifs is 1. The lowest BCUT2D eigenvalue weighted by molar-refractivity contribution is 0.687. The van der Waals surface area contributed by atoms with E-state index in [1.807, 2.05) is 12.1 Å². The Morgan fingerprint density at radius 2 is 2.09 bits per heavy atom. The normalized spacial score (nSPS) is 16.3. The predicted molar refractivity (Wildman–Crippen MR) is 92.2 cm³/mol. The zero-order chi connectivity index (χ0) is 15.6. The lowest BCUT2D eigenvalue weighted by Gasteiger charge is -2.09. The zero-order valence-corrected chi connectivity index (χ0v) is 12.9. The van der Waals surface area contributed by atoms with Crippen LogP contribution in [0.25, 0.3) is 16.6 Å². The predicted octanol–water partition coefficient (Wildman–Crippen LogP) is 3.87. The van der Waals surface area contributed by atoms with E-state index >= 15 is 0 Å². The lowest BCUT2D eigenvalue weighted by atomic mass is 9.97. The Morgan fingerprint density at radius 3 is 2.83 bits per heavy atom. The first-order valence-electron chi connectivity index (χ1n) is 8.15. The molecule has 116 valence electrons. The number of nitrogens with one attached hydrogen (secondary N) is 2. The zero-order valence-electron chi connectivity index (χ0n) is 12.9. The summed E-state index contributed by atoms with van der Waals surface area (Å²) in [7, 11) is 0. The van der Waals surface area contributed by atoms with E-state index in [-0.39, 0.29) is 5.56 Å². The van der Waals surface area contributed by atoms with Gasteiger partial charge in [0, 0.05) is 35.1 Å². The highest BCUT2D eigenvalue weighted by atomic mass is 16.1. The van der Waals surface area contributed by atoms with E-state index in [9.17, 15) is 4.79 Å². The molecule has 0 atom stereocenters. The molecule has 3 aromatic heterocycles. The molecule has 0 aromatic carbocycles. The average molecular weight is 305 g/mol. The van der Waals surface area contributed by atoms with Gasteiger partial charge in [-0.2, -0.15) is 0 Å². The number of hydrogen-bond donors (Lipinski definition) is 2. The quantitative estimate of drug-likeness (QED) is 0.771. The highest BCUT2D eigenvalue weighted by Gasteiger charge is 2.16. The van der Waals surface area contributed by atoms with Crippen molar-refractivity contribution in [2.75, 3.05) is 0 Å². The van der Waals surface area contributed by atoms with Crippen molar-refractivity contribution in [1.29, 1.82) is 0 Å².